The smallest absolute Gasteiger partial charge is 0.277 e. The monoisotopic (exact) mass is 437 g/mol. The van der Waals surface area contributed by atoms with Gasteiger partial charge in [-0.1, -0.05) is 0 Å². The van der Waals surface area contributed by atoms with E-state index in [-0.39, 0.29) is 35.8 Å². The molecule has 1 saturated heterocycles. The number of nitrogens with zero attached hydrogens (tertiary/aromatic N) is 4. The second kappa shape index (κ2) is 7.89. The van der Waals surface area contributed by atoms with Crippen molar-refractivity contribution in [1.29, 1.82) is 0 Å². The molecule has 9 heteroatoms. The van der Waals surface area contributed by atoms with Crippen molar-refractivity contribution in [2.45, 2.75) is 45.2 Å². The molecule has 0 radical (unpaired) electrons. The van der Waals surface area contributed by atoms with E-state index in [1.54, 1.807) is 9.80 Å². The predicted molar refractivity (Wildman–Crippen MR) is 115 cm³/mol. The zero-order valence-corrected chi connectivity index (χ0v) is 17.8. The average Bonchev–Trinajstić information content (AvgIpc) is 3.23. The fraction of sp³-hybridized carbons (Fsp3) is 0.391. The van der Waals surface area contributed by atoms with Crippen molar-refractivity contribution in [3.05, 3.63) is 69.0 Å². The Labute approximate surface area is 183 Å². The highest BCUT2D eigenvalue weighted by Gasteiger charge is 2.31. The van der Waals surface area contributed by atoms with Crippen molar-refractivity contribution in [1.82, 2.24) is 24.4 Å². The van der Waals surface area contributed by atoms with Crippen LogP contribution < -0.4 is 5.56 Å². The zero-order chi connectivity index (χ0) is 22.4. The van der Waals surface area contributed by atoms with Gasteiger partial charge >= 0.3 is 0 Å². The molecule has 0 spiro atoms. The minimum atomic E-state index is -0.384. The number of hydrogen-bond donors (Lipinski definition) is 1. The van der Waals surface area contributed by atoms with Gasteiger partial charge in [-0.3, -0.25) is 19.5 Å². The van der Waals surface area contributed by atoms with Crippen LogP contribution in [0, 0.1) is 5.82 Å². The minimum Gasteiger partial charge on any atom is -0.338 e. The van der Waals surface area contributed by atoms with Gasteiger partial charge in [-0.15, -0.1) is 0 Å². The number of fused-ring (bicyclic) bond motifs is 2. The van der Waals surface area contributed by atoms with Crippen LogP contribution in [-0.4, -0.2) is 49.3 Å². The number of likely N-dealkylation sites (tertiary alicyclic amines) is 1. The second-order valence-corrected chi connectivity index (χ2v) is 8.45. The number of piperidine rings is 1. The molecule has 32 heavy (non-hydrogen) atoms. The molecule has 4 heterocycles. The van der Waals surface area contributed by atoms with Crippen LogP contribution in [0.15, 0.2) is 35.1 Å². The Kier molecular flexibility index (Phi) is 5.03. The predicted octanol–water partition coefficient (Wildman–Crippen LogP) is 2.43. The summed E-state index contributed by atoms with van der Waals surface area (Å²) in [6, 6.07) is 7.17. The van der Waals surface area contributed by atoms with E-state index in [1.165, 1.54) is 35.7 Å². The molecule has 1 aromatic carbocycles. The molecule has 166 valence electrons. The van der Waals surface area contributed by atoms with Gasteiger partial charge in [0, 0.05) is 38.1 Å². The van der Waals surface area contributed by atoms with E-state index in [0.29, 0.717) is 36.3 Å². The molecule has 8 nitrogen and oxygen atoms in total. The lowest BCUT2D eigenvalue weighted by molar-refractivity contribution is -0.129. The Morgan fingerprint density at radius 3 is 2.69 bits per heavy atom. The summed E-state index contributed by atoms with van der Waals surface area (Å²) < 4.78 is 14.7. The van der Waals surface area contributed by atoms with Crippen LogP contribution in [0.4, 0.5) is 4.39 Å². The number of H-pyrrole nitrogens is 1. The number of benzene rings is 1. The summed E-state index contributed by atoms with van der Waals surface area (Å²) >= 11 is 0. The number of carbonyl (C=O) groups is 2. The number of nitrogens with one attached hydrogen (secondary N) is 1. The molecule has 2 amide bonds. The van der Waals surface area contributed by atoms with Gasteiger partial charge in [0.15, 0.2) is 5.65 Å². The van der Waals surface area contributed by atoms with Gasteiger partial charge in [0.2, 0.25) is 5.91 Å². The molecule has 2 aromatic heterocycles. The van der Waals surface area contributed by atoms with Crippen LogP contribution in [0.3, 0.4) is 0 Å². The van der Waals surface area contributed by atoms with E-state index < -0.39 is 0 Å². The molecule has 1 fully saturated rings. The van der Waals surface area contributed by atoms with Crippen LogP contribution in [0.5, 0.6) is 0 Å². The number of carbonyl (C=O) groups excluding carboxylic acids is 2. The second-order valence-electron chi connectivity index (χ2n) is 8.45. The van der Waals surface area contributed by atoms with Crippen LogP contribution in [0.1, 0.15) is 59.5 Å². The lowest BCUT2D eigenvalue weighted by Gasteiger charge is -2.35. The van der Waals surface area contributed by atoms with Crippen LogP contribution >= 0.6 is 0 Å². The van der Waals surface area contributed by atoms with Crippen molar-refractivity contribution >= 4 is 17.5 Å². The topological polar surface area (TPSA) is 90.8 Å². The summed E-state index contributed by atoms with van der Waals surface area (Å²) in [6.07, 6.45) is 3.14. The van der Waals surface area contributed by atoms with E-state index in [2.05, 4.69) is 10.1 Å². The highest BCUT2D eigenvalue weighted by molar-refractivity contribution is 5.94. The third-order valence-electron chi connectivity index (χ3n) is 6.44. The molecular formula is C23H24FN5O3. The summed E-state index contributed by atoms with van der Waals surface area (Å²) in [4.78, 5) is 46.2. The number of amides is 2. The van der Waals surface area contributed by atoms with Crippen LogP contribution in [0.2, 0.25) is 0 Å². The molecule has 3 aromatic rings. The lowest BCUT2D eigenvalue weighted by Crippen LogP contribution is -2.39. The Bertz CT molecular complexity index is 1260. The Morgan fingerprint density at radius 2 is 1.94 bits per heavy atom. The number of halogens is 1. The van der Waals surface area contributed by atoms with E-state index in [0.717, 1.165) is 30.7 Å². The van der Waals surface area contributed by atoms with Crippen molar-refractivity contribution in [2.75, 3.05) is 13.1 Å². The molecule has 1 atom stereocenters. The molecule has 0 unspecified atom stereocenters. The maximum absolute atomic E-state index is 13.3. The van der Waals surface area contributed by atoms with Crippen LogP contribution in [-0.2, 0) is 17.8 Å². The number of hydrogen-bond acceptors (Lipinski definition) is 4. The van der Waals surface area contributed by atoms with Gasteiger partial charge in [-0.2, -0.15) is 0 Å². The molecular weight excluding hydrogens is 413 g/mol. The summed E-state index contributed by atoms with van der Waals surface area (Å²) in [5.74, 6) is -0.611. The van der Waals surface area contributed by atoms with Crippen molar-refractivity contribution in [3.63, 3.8) is 0 Å². The third kappa shape index (κ3) is 3.47. The number of aromatic nitrogens is 3. The maximum Gasteiger partial charge on any atom is 0.277 e. The first-order chi connectivity index (χ1) is 15.4. The minimum absolute atomic E-state index is 0.0653. The highest BCUT2D eigenvalue weighted by Crippen LogP contribution is 2.32. The average molecular weight is 437 g/mol. The molecule has 2 aliphatic heterocycles. The Morgan fingerprint density at radius 1 is 1.16 bits per heavy atom. The summed E-state index contributed by atoms with van der Waals surface area (Å²) in [5.41, 5.74) is 2.73. The van der Waals surface area contributed by atoms with Crippen molar-refractivity contribution < 1.29 is 14.0 Å². The molecule has 0 aliphatic carbocycles. The molecule has 0 bridgehead atoms. The van der Waals surface area contributed by atoms with Crippen LogP contribution in [0.25, 0.3) is 5.65 Å². The van der Waals surface area contributed by atoms with Gasteiger partial charge in [0.25, 0.3) is 11.5 Å². The maximum atomic E-state index is 13.3. The fourth-order valence-corrected chi connectivity index (χ4v) is 4.70. The quantitative estimate of drug-likeness (QED) is 0.667. The lowest BCUT2D eigenvalue weighted by atomic mass is 9.98. The third-order valence-corrected chi connectivity index (χ3v) is 6.44. The van der Waals surface area contributed by atoms with Gasteiger partial charge in [-0.25, -0.2) is 13.9 Å². The standard InChI is InChI=1S/C23H24FN5O3/c1-14(30)27-11-9-18-17(13-27)23(32)29-21(25-18)12-19(26-29)20-4-2-3-10-28(20)22(31)15-5-7-16(24)8-6-15/h5-8,12,20,26H,2-4,9-11,13H2,1H3/t20-/m1/s1. The molecule has 5 rings (SSSR count). The summed E-state index contributed by atoms with van der Waals surface area (Å²) in [6.45, 7) is 2.89. The Hall–Kier alpha value is -3.49. The van der Waals surface area contributed by atoms with E-state index in [9.17, 15) is 18.8 Å². The van der Waals surface area contributed by atoms with Gasteiger partial charge < -0.3 is 9.80 Å². The van der Waals surface area contributed by atoms with E-state index >= 15 is 0 Å². The van der Waals surface area contributed by atoms with Crippen molar-refractivity contribution in [2.24, 2.45) is 0 Å². The first-order valence-electron chi connectivity index (χ1n) is 10.9. The first-order valence-corrected chi connectivity index (χ1v) is 10.9. The Balaban J connectivity index is 1.51. The fourth-order valence-electron chi connectivity index (χ4n) is 4.70. The number of rotatable bonds is 2. The van der Waals surface area contributed by atoms with Gasteiger partial charge in [0.1, 0.15) is 5.82 Å². The van der Waals surface area contributed by atoms with Crippen molar-refractivity contribution in [3.8, 4) is 0 Å². The molecule has 1 N–H and O–H groups in total. The van der Waals surface area contributed by atoms with E-state index in [1.807, 2.05) is 6.07 Å². The normalized spacial score (nSPS) is 18.6. The highest BCUT2D eigenvalue weighted by atomic mass is 19.1. The summed E-state index contributed by atoms with van der Waals surface area (Å²) in [7, 11) is 0. The SMILES string of the molecule is CC(=O)N1CCc2nc3cc([C@H]4CCCCN4C(=O)c4ccc(F)cc4)[nH]n3c(=O)c2C1. The largest absolute Gasteiger partial charge is 0.338 e. The molecule has 0 saturated carbocycles. The summed E-state index contributed by atoms with van der Waals surface area (Å²) in [5, 5.41) is 3.16. The van der Waals surface area contributed by atoms with E-state index in [4.69, 9.17) is 0 Å². The number of aromatic amines is 1. The van der Waals surface area contributed by atoms with Gasteiger partial charge in [-0.05, 0) is 43.5 Å². The van der Waals surface area contributed by atoms with Gasteiger partial charge in [0.05, 0.1) is 29.5 Å². The first kappa shape index (κ1) is 20.4. The zero-order valence-electron chi connectivity index (χ0n) is 17.8. The molecule has 2 aliphatic rings.